The van der Waals surface area contributed by atoms with Gasteiger partial charge in [0.25, 0.3) is 11.5 Å². The van der Waals surface area contributed by atoms with Crippen LogP contribution < -0.4 is 10.5 Å². The predicted molar refractivity (Wildman–Crippen MR) is 128 cm³/mol. The fourth-order valence-electron chi connectivity index (χ4n) is 5.39. The van der Waals surface area contributed by atoms with Gasteiger partial charge in [-0.25, -0.2) is 4.98 Å². The standard InChI is InChI=1S/C23H17ClN4O3.C2H6/c24-13-1-2-17-12(5-13)6-18-14-8-19-16(7-15(14)23(30)28(17)18)26-22(29)20-9-25-21(27(19)20)11-3-4-31-10-11;1-2/h1-2,5,7-9,11,18H,3-4,6,10H2,(H,26,29);1-2H3. The maximum atomic E-state index is 13.3. The summed E-state index contributed by atoms with van der Waals surface area (Å²) in [5.41, 5.74) is 5.39. The molecule has 4 aromatic rings. The SMILES string of the molecule is CC.O=C1c2cc3[nH]c(=O)c4cnc(C5CCOC5)n4c3cc2C2Cc3cc(Cl)ccc3N12. The second-order valence-electron chi connectivity index (χ2n) is 8.48. The highest BCUT2D eigenvalue weighted by Crippen LogP contribution is 2.48. The molecule has 5 heterocycles. The van der Waals surface area contributed by atoms with Crippen LogP contribution in [0.1, 0.15) is 59.5 Å². The van der Waals surface area contributed by atoms with Crippen LogP contribution in [0.3, 0.4) is 0 Å². The van der Waals surface area contributed by atoms with Gasteiger partial charge < -0.3 is 14.6 Å². The highest BCUT2D eigenvalue weighted by Gasteiger charge is 2.43. The number of carbonyl (C=O) groups is 1. The van der Waals surface area contributed by atoms with E-state index in [9.17, 15) is 9.59 Å². The zero-order chi connectivity index (χ0) is 22.9. The van der Waals surface area contributed by atoms with Crippen LogP contribution in [0, 0.1) is 0 Å². The molecule has 1 saturated heterocycles. The van der Waals surface area contributed by atoms with Crippen molar-refractivity contribution in [1.82, 2.24) is 14.4 Å². The fourth-order valence-corrected chi connectivity index (χ4v) is 5.59. The van der Waals surface area contributed by atoms with Crippen molar-refractivity contribution in [1.29, 1.82) is 0 Å². The first kappa shape index (κ1) is 20.4. The second kappa shape index (κ2) is 7.43. The highest BCUT2D eigenvalue weighted by atomic mass is 35.5. The molecule has 2 atom stereocenters. The van der Waals surface area contributed by atoms with E-state index in [1.54, 1.807) is 6.20 Å². The van der Waals surface area contributed by atoms with Gasteiger partial charge >= 0.3 is 0 Å². The van der Waals surface area contributed by atoms with E-state index in [2.05, 4.69) is 9.97 Å². The summed E-state index contributed by atoms with van der Waals surface area (Å²) in [5.74, 6) is 0.946. The van der Waals surface area contributed by atoms with Gasteiger partial charge in [0.2, 0.25) is 0 Å². The van der Waals surface area contributed by atoms with E-state index in [1.165, 1.54) is 0 Å². The summed E-state index contributed by atoms with van der Waals surface area (Å²) in [6.45, 7) is 5.30. The normalized spacial score (nSPS) is 20.7. The minimum absolute atomic E-state index is 0.0426. The van der Waals surface area contributed by atoms with Crippen LogP contribution in [-0.2, 0) is 11.2 Å². The van der Waals surface area contributed by atoms with Crippen LogP contribution in [0.2, 0.25) is 5.02 Å². The Morgan fingerprint density at radius 1 is 1.15 bits per heavy atom. The van der Waals surface area contributed by atoms with Gasteiger partial charge in [0.15, 0.2) is 0 Å². The number of benzene rings is 2. The lowest BCUT2D eigenvalue weighted by molar-refractivity contribution is 0.0993. The van der Waals surface area contributed by atoms with Crippen molar-refractivity contribution < 1.29 is 9.53 Å². The number of aromatic nitrogens is 3. The number of carbonyl (C=O) groups excluding carboxylic acids is 1. The Morgan fingerprint density at radius 3 is 2.79 bits per heavy atom. The number of halogens is 1. The molecule has 3 aliphatic heterocycles. The first-order chi connectivity index (χ1) is 16.1. The maximum Gasteiger partial charge on any atom is 0.274 e. The van der Waals surface area contributed by atoms with Gasteiger partial charge in [-0.05, 0) is 54.3 Å². The summed E-state index contributed by atoms with van der Waals surface area (Å²) >= 11 is 6.18. The largest absolute Gasteiger partial charge is 0.381 e. The van der Waals surface area contributed by atoms with E-state index < -0.39 is 0 Å². The van der Waals surface area contributed by atoms with E-state index >= 15 is 0 Å². The Morgan fingerprint density at radius 2 is 2.00 bits per heavy atom. The summed E-state index contributed by atoms with van der Waals surface area (Å²) in [4.78, 5) is 35.4. The van der Waals surface area contributed by atoms with E-state index in [0.717, 1.165) is 41.0 Å². The number of fused-ring (bicyclic) bond motifs is 8. The summed E-state index contributed by atoms with van der Waals surface area (Å²) < 4.78 is 7.51. The van der Waals surface area contributed by atoms with Crippen molar-refractivity contribution in [3.05, 3.63) is 74.4 Å². The summed E-state index contributed by atoms with van der Waals surface area (Å²) in [6.07, 6.45) is 3.23. The van der Waals surface area contributed by atoms with E-state index in [4.69, 9.17) is 16.3 Å². The molecule has 7 nitrogen and oxygen atoms in total. The topological polar surface area (TPSA) is 79.7 Å². The summed E-state index contributed by atoms with van der Waals surface area (Å²) in [7, 11) is 0. The number of H-pyrrole nitrogens is 1. The smallest absolute Gasteiger partial charge is 0.274 e. The van der Waals surface area contributed by atoms with E-state index in [1.807, 2.05) is 53.5 Å². The first-order valence-electron chi connectivity index (χ1n) is 11.4. The molecule has 0 bridgehead atoms. The van der Waals surface area contributed by atoms with Gasteiger partial charge in [0.05, 0.1) is 29.9 Å². The Balaban J connectivity index is 0.00000101. The number of aromatic amines is 1. The number of imidazole rings is 1. The van der Waals surface area contributed by atoms with Crippen LogP contribution in [0.4, 0.5) is 5.69 Å². The number of nitrogens with zero attached hydrogens (tertiary/aromatic N) is 3. The predicted octanol–water partition coefficient (Wildman–Crippen LogP) is 4.62. The Labute approximate surface area is 195 Å². The highest BCUT2D eigenvalue weighted by molar-refractivity contribution is 6.30. The molecule has 0 saturated carbocycles. The number of rotatable bonds is 1. The number of hydrogen-bond donors (Lipinski definition) is 1. The zero-order valence-electron chi connectivity index (χ0n) is 18.4. The van der Waals surface area contributed by atoms with Crippen LogP contribution in [0.25, 0.3) is 16.6 Å². The quantitative estimate of drug-likeness (QED) is 0.447. The van der Waals surface area contributed by atoms with Crippen LogP contribution in [0.15, 0.2) is 41.3 Å². The van der Waals surface area contributed by atoms with Crippen LogP contribution >= 0.6 is 11.6 Å². The second-order valence-corrected chi connectivity index (χ2v) is 8.91. The van der Waals surface area contributed by atoms with Crippen LogP contribution in [-0.4, -0.2) is 33.5 Å². The zero-order valence-corrected chi connectivity index (χ0v) is 19.1. The lowest BCUT2D eigenvalue weighted by atomic mass is 9.99. The summed E-state index contributed by atoms with van der Waals surface area (Å²) in [5, 5.41) is 0.673. The van der Waals surface area contributed by atoms with Gasteiger partial charge in [-0.2, -0.15) is 0 Å². The monoisotopic (exact) mass is 462 g/mol. The minimum atomic E-state index is -0.212. The molecule has 3 aliphatic rings. The fraction of sp³-hybridized carbons (Fsp3) is 0.320. The minimum Gasteiger partial charge on any atom is -0.381 e. The molecule has 2 aromatic heterocycles. The van der Waals surface area contributed by atoms with Crippen molar-refractivity contribution in [2.45, 2.75) is 38.6 Å². The number of nitrogens with one attached hydrogen (secondary N) is 1. The molecule has 8 heteroatoms. The molecular formula is C25H23ClN4O3. The molecule has 7 rings (SSSR count). The Bertz CT molecular complexity index is 1500. The maximum absolute atomic E-state index is 13.3. The molecule has 2 unspecified atom stereocenters. The van der Waals surface area contributed by atoms with Crippen molar-refractivity contribution >= 4 is 39.7 Å². The molecule has 0 aliphatic carbocycles. The van der Waals surface area contributed by atoms with Crippen molar-refractivity contribution in [2.75, 3.05) is 18.1 Å². The Kier molecular flexibility index (Phi) is 4.61. The van der Waals surface area contributed by atoms with Gasteiger partial charge in [0, 0.05) is 28.8 Å². The lowest BCUT2D eigenvalue weighted by Gasteiger charge is -2.17. The van der Waals surface area contributed by atoms with Gasteiger partial charge in [-0.1, -0.05) is 25.4 Å². The molecule has 33 heavy (non-hydrogen) atoms. The van der Waals surface area contributed by atoms with Gasteiger partial charge in [-0.3, -0.25) is 14.0 Å². The first-order valence-corrected chi connectivity index (χ1v) is 11.7. The average molecular weight is 463 g/mol. The molecule has 168 valence electrons. The molecule has 1 amide bonds. The van der Waals surface area contributed by atoms with Gasteiger partial charge in [0.1, 0.15) is 11.3 Å². The van der Waals surface area contributed by atoms with Crippen molar-refractivity contribution in [2.24, 2.45) is 0 Å². The van der Waals surface area contributed by atoms with Crippen molar-refractivity contribution in [3.8, 4) is 0 Å². The van der Waals surface area contributed by atoms with E-state index in [0.29, 0.717) is 34.8 Å². The lowest BCUT2D eigenvalue weighted by Crippen LogP contribution is -2.23. The molecule has 2 aromatic carbocycles. The third kappa shape index (κ3) is 2.82. The van der Waals surface area contributed by atoms with Crippen LogP contribution in [0.5, 0.6) is 0 Å². The molecular weight excluding hydrogens is 440 g/mol. The number of ether oxygens (including phenoxy) is 1. The molecule has 0 spiro atoms. The molecule has 1 N–H and O–H groups in total. The number of hydrogen-bond acceptors (Lipinski definition) is 4. The van der Waals surface area contributed by atoms with Crippen molar-refractivity contribution in [3.63, 3.8) is 0 Å². The third-order valence-corrected chi connectivity index (χ3v) is 7.04. The van der Waals surface area contributed by atoms with Gasteiger partial charge in [-0.15, -0.1) is 0 Å². The number of anilines is 1. The molecule has 0 radical (unpaired) electrons. The Hall–Kier alpha value is -3.16. The summed E-state index contributed by atoms with van der Waals surface area (Å²) in [6, 6.07) is 9.46. The third-order valence-electron chi connectivity index (χ3n) is 6.81. The number of amides is 1. The average Bonchev–Trinajstić information content (AvgIpc) is 3.59. The molecule has 1 fully saturated rings. The van der Waals surface area contributed by atoms with E-state index in [-0.39, 0.29) is 23.4 Å².